The van der Waals surface area contributed by atoms with Crippen LogP contribution in [0, 0.1) is 0 Å². The number of benzene rings is 2. The van der Waals surface area contributed by atoms with Crippen LogP contribution in [0.1, 0.15) is 24.1 Å². The first-order valence-corrected chi connectivity index (χ1v) is 8.98. The highest BCUT2D eigenvalue weighted by Crippen LogP contribution is 2.28. The number of nitrogens with one attached hydrogen (secondary N) is 1. The maximum absolute atomic E-state index is 10.2. The second kappa shape index (κ2) is 10.2. The van der Waals surface area contributed by atoms with Crippen LogP contribution in [0.2, 0.25) is 5.02 Å². The first-order valence-electron chi connectivity index (χ1n) is 8.61. The summed E-state index contributed by atoms with van der Waals surface area (Å²) in [6.45, 7) is 6.34. The molecule has 140 valence electrons. The summed E-state index contributed by atoms with van der Waals surface area (Å²) < 4.78 is 11.1. The molecule has 0 spiro atoms. The molecule has 0 heterocycles. The highest BCUT2D eigenvalue weighted by Gasteiger charge is 2.12. The molecule has 2 aromatic rings. The van der Waals surface area contributed by atoms with Crippen LogP contribution in [0.25, 0.3) is 0 Å². The molecule has 4 nitrogen and oxygen atoms in total. The van der Waals surface area contributed by atoms with Gasteiger partial charge in [-0.25, -0.2) is 0 Å². The van der Waals surface area contributed by atoms with E-state index in [1.807, 2.05) is 55.5 Å². The lowest BCUT2D eigenvalue weighted by Crippen LogP contribution is -2.33. The number of aliphatic hydroxyl groups is 1. The maximum Gasteiger partial charge on any atom is 0.161 e. The molecule has 2 unspecified atom stereocenters. The van der Waals surface area contributed by atoms with Gasteiger partial charge in [-0.3, -0.25) is 0 Å². The number of methoxy groups -OCH3 is 1. The van der Waals surface area contributed by atoms with E-state index in [9.17, 15) is 5.11 Å². The van der Waals surface area contributed by atoms with Crippen molar-refractivity contribution in [2.75, 3.05) is 20.3 Å². The van der Waals surface area contributed by atoms with Gasteiger partial charge in [-0.05, 0) is 48.7 Å². The highest BCUT2D eigenvalue weighted by atomic mass is 35.5. The van der Waals surface area contributed by atoms with Crippen LogP contribution < -0.4 is 14.8 Å². The van der Waals surface area contributed by atoms with E-state index in [0.29, 0.717) is 23.1 Å². The van der Waals surface area contributed by atoms with Gasteiger partial charge in [0.1, 0.15) is 12.7 Å². The van der Waals surface area contributed by atoms with Crippen LogP contribution in [-0.4, -0.2) is 31.5 Å². The van der Waals surface area contributed by atoms with Crippen LogP contribution in [0.5, 0.6) is 11.5 Å². The minimum atomic E-state index is -0.644. The summed E-state index contributed by atoms with van der Waals surface area (Å²) in [6, 6.07) is 13.5. The van der Waals surface area contributed by atoms with Gasteiger partial charge in [0.15, 0.2) is 11.5 Å². The zero-order valence-corrected chi connectivity index (χ0v) is 16.0. The van der Waals surface area contributed by atoms with E-state index in [1.54, 1.807) is 7.11 Å². The van der Waals surface area contributed by atoms with Crippen molar-refractivity contribution in [3.05, 3.63) is 71.3 Å². The molecule has 0 radical (unpaired) electrons. The van der Waals surface area contributed by atoms with E-state index in [1.165, 1.54) is 0 Å². The molecular formula is C21H26ClNO3. The standard InChI is InChI=1S/C21H26ClNO3/c1-4-6-16-9-10-20(21(11-16)25-3)26-14-19(24)13-23-15(2)17-7-5-8-18(22)12-17/h4-5,7-12,15,19,23-24H,1,6,13-14H2,2-3H3. The minimum absolute atomic E-state index is 0.0797. The third-order valence-corrected chi connectivity index (χ3v) is 4.28. The summed E-state index contributed by atoms with van der Waals surface area (Å²) in [6.07, 6.45) is 1.96. The molecule has 2 N–H and O–H groups in total. The number of halogens is 1. The molecule has 2 atom stereocenters. The number of ether oxygens (including phenoxy) is 2. The Morgan fingerprint density at radius 3 is 2.73 bits per heavy atom. The lowest BCUT2D eigenvalue weighted by atomic mass is 10.1. The summed E-state index contributed by atoms with van der Waals surface area (Å²) in [5.41, 5.74) is 2.17. The zero-order valence-electron chi connectivity index (χ0n) is 15.2. The second-order valence-electron chi connectivity index (χ2n) is 6.13. The highest BCUT2D eigenvalue weighted by molar-refractivity contribution is 6.30. The van der Waals surface area contributed by atoms with Crippen LogP contribution >= 0.6 is 11.6 Å². The van der Waals surface area contributed by atoms with Crippen molar-refractivity contribution in [2.24, 2.45) is 0 Å². The molecule has 0 aliphatic carbocycles. The van der Waals surface area contributed by atoms with E-state index in [4.69, 9.17) is 21.1 Å². The fourth-order valence-corrected chi connectivity index (χ4v) is 2.78. The van der Waals surface area contributed by atoms with Crippen LogP contribution in [0.4, 0.5) is 0 Å². The smallest absolute Gasteiger partial charge is 0.161 e. The number of allylic oxidation sites excluding steroid dienone is 1. The fourth-order valence-electron chi connectivity index (χ4n) is 2.58. The molecule has 0 saturated carbocycles. The van der Waals surface area contributed by atoms with E-state index >= 15 is 0 Å². The first-order chi connectivity index (χ1) is 12.5. The molecule has 0 aromatic heterocycles. The normalized spacial score (nSPS) is 13.1. The number of aliphatic hydroxyl groups excluding tert-OH is 1. The van der Waals surface area contributed by atoms with Gasteiger partial charge >= 0.3 is 0 Å². The van der Waals surface area contributed by atoms with E-state index < -0.39 is 6.10 Å². The summed E-state index contributed by atoms with van der Waals surface area (Å²) >= 11 is 6.01. The quantitative estimate of drug-likeness (QED) is 0.612. The third-order valence-electron chi connectivity index (χ3n) is 4.05. The number of rotatable bonds is 10. The first kappa shape index (κ1) is 20.3. The Hall–Kier alpha value is -2.01. The predicted octanol–water partition coefficient (Wildman–Crippen LogP) is 4.17. The lowest BCUT2D eigenvalue weighted by molar-refractivity contribution is 0.102. The Balaban J connectivity index is 1.84. The summed E-state index contributed by atoms with van der Waals surface area (Å²) in [5.74, 6) is 1.26. The Bertz CT molecular complexity index is 720. The summed E-state index contributed by atoms with van der Waals surface area (Å²) in [7, 11) is 1.60. The second-order valence-corrected chi connectivity index (χ2v) is 6.56. The molecule has 2 rings (SSSR count). The van der Waals surface area contributed by atoms with Crippen molar-refractivity contribution < 1.29 is 14.6 Å². The van der Waals surface area contributed by atoms with Gasteiger partial charge in [0.25, 0.3) is 0 Å². The Kier molecular flexibility index (Phi) is 7.98. The van der Waals surface area contributed by atoms with Crippen molar-refractivity contribution in [1.29, 1.82) is 0 Å². The van der Waals surface area contributed by atoms with Gasteiger partial charge in [0.05, 0.1) is 7.11 Å². The van der Waals surface area contributed by atoms with Crippen molar-refractivity contribution in [1.82, 2.24) is 5.32 Å². The number of hydrogen-bond donors (Lipinski definition) is 2. The van der Waals surface area contributed by atoms with Gasteiger partial charge in [-0.1, -0.05) is 35.9 Å². The van der Waals surface area contributed by atoms with Gasteiger partial charge in [-0.15, -0.1) is 6.58 Å². The van der Waals surface area contributed by atoms with Crippen molar-refractivity contribution in [3.8, 4) is 11.5 Å². The van der Waals surface area contributed by atoms with Crippen molar-refractivity contribution in [3.63, 3.8) is 0 Å². The topological polar surface area (TPSA) is 50.7 Å². The summed E-state index contributed by atoms with van der Waals surface area (Å²) in [4.78, 5) is 0. The molecule has 0 aliphatic rings. The fraction of sp³-hybridized carbons (Fsp3) is 0.333. The zero-order chi connectivity index (χ0) is 18.9. The average Bonchev–Trinajstić information content (AvgIpc) is 2.65. The molecule has 0 fully saturated rings. The Labute approximate surface area is 160 Å². The molecule has 0 amide bonds. The van der Waals surface area contributed by atoms with Crippen LogP contribution in [0.3, 0.4) is 0 Å². The molecule has 2 aromatic carbocycles. The lowest BCUT2D eigenvalue weighted by Gasteiger charge is -2.19. The molecule has 0 aliphatic heterocycles. The minimum Gasteiger partial charge on any atom is -0.493 e. The van der Waals surface area contributed by atoms with E-state index in [0.717, 1.165) is 17.5 Å². The van der Waals surface area contributed by atoms with Gasteiger partial charge < -0.3 is 19.9 Å². The molecule has 5 heteroatoms. The van der Waals surface area contributed by atoms with Gasteiger partial charge in [0, 0.05) is 17.6 Å². The Morgan fingerprint density at radius 2 is 2.04 bits per heavy atom. The predicted molar refractivity (Wildman–Crippen MR) is 106 cm³/mol. The molecular weight excluding hydrogens is 350 g/mol. The molecule has 0 saturated heterocycles. The van der Waals surface area contributed by atoms with Crippen molar-refractivity contribution in [2.45, 2.75) is 25.5 Å². The maximum atomic E-state index is 10.2. The van der Waals surface area contributed by atoms with E-state index in [-0.39, 0.29) is 12.6 Å². The number of hydrogen-bond acceptors (Lipinski definition) is 4. The molecule has 26 heavy (non-hydrogen) atoms. The summed E-state index contributed by atoms with van der Waals surface area (Å²) in [5, 5.41) is 14.2. The van der Waals surface area contributed by atoms with Crippen LogP contribution in [0.15, 0.2) is 55.1 Å². The van der Waals surface area contributed by atoms with Gasteiger partial charge in [-0.2, -0.15) is 0 Å². The monoisotopic (exact) mass is 375 g/mol. The van der Waals surface area contributed by atoms with Crippen molar-refractivity contribution >= 4 is 11.6 Å². The molecule has 0 bridgehead atoms. The SMILES string of the molecule is C=CCc1ccc(OCC(O)CNC(C)c2cccc(Cl)c2)c(OC)c1. The average molecular weight is 376 g/mol. The third kappa shape index (κ3) is 6.06. The largest absolute Gasteiger partial charge is 0.493 e. The van der Waals surface area contributed by atoms with Gasteiger partial charge in [0.2, 0.25) is 0 Å². The Morgan fingerprint density at radius 1 is 1.23 bits per heavy atom. The van der Waals surface area contributed by atoms with Crippen LogP contribution in [-0.2, 0) is 6.42 Å². The van der Waals surface area contributed by atoms with E-state index in [2.05, 4.69) is 11.9 Å².